The van der Waals surface area contributed by atoms with Gasteiger partial charge in [-0.3, -0.25) is 0 Å². The van der Waals surface area contributed by atoms with Crippen molar-refractivity contribution >= 4 is 58.0 Å². The Labute approximate surface area is 157 Å². The van der Waals surface area contributed by atoms with Crippen LogP contribution >= 0.6 is 58.0 Å². The lowest BCUT2D eigenvalue weighted by Gasteiger charge is -2.26. The number of hydrogen-bond donors (Lipinski definition) is 0. The van der Waals surface area contributed by atoms with E-state index in [1.165, 1.54) is 12.8 Å². The van der Waals surface area contributed by atoms with Crippen molar-refractivity contribution in [3.05, 3.63) is 11.4 Å². The zero-order chi connectivity index (χ0) is 17.0. The fourth-order valence-electron chi connectivity index (χ4n) is 2.17. The van der Waals surface area contributed by atoms with Gasteiger partial charge >= 0.3 is 0 Å². The number of rotatable bonds is 8. The van der Waals surface area contributed by atoms with Gasteiger partial charge in [-0.1, -0.05) is 103 Å². The molecule has 0 atom stereocenters. The van der Waals surface area contributed by atoms with Crippen LogP contribution in [0.25, 0.3) is 0 Å². The van der Waals surface area contributed by atoms with Crippen molar-refractivity contribution in [1.82, 2.24) is 15.0 Å². The van der Waals surface area contributed by atoms with E-state index in [4.69, 9.17) is 58.0 Å². The van der Waals surface area contributed by atoms with E-state index >= 15 is 0 Å². The maximum Gasteiger partial charge on any atom is 0.228 e. The van der Waals surface area contributed by atoms with E-state index in [0.29, 0.717) is 11.6 Å². The van der Waals surface area contributed by atoms with E-state index in [-0.39, 0.29) is 0 Å². The topological polar surface area (TPSA) is 30.7 Å². The van der Waals surface area contributed by atoms with Gasteiger partial charge in [0.1, 0.15) is 5.69 Å². The molecule has 3 nitrogen and oxygen atoms in total. The Morgan fingerprint density at radius 2 is 1.68 bits per heavy atom. The molecule has 0 radical (unpaired) electrons. The molecule has 1 aromatic rings. The van der Waals surface area contributed by atoms with Crippen molar-refractivity contribution in [2.24, 2.45) is 5.92 Å². The molecule has 128 valence electrons. The summed E-state index contributed by atoms with van der Waals surface area (Å²) >= 11 is 30.3. The van der Waals surface area contributed by atoms with E-state index in [0.717, 1.165) is 31.5 Å². The maximum atomic E-state index is 6.28. The van der Waals surface area contributed by atoms with E-state index < -0.39 is 8.13 Å². The first-order valence-electron chi connectivity index (χ1n) is 7.48. The molecule has 0 spiro atoms. The van der Waals surface area contributed by atoms with Gasteiger partial charge in [0.25, 0.3) is 0 Å². The summed E-state index contributed by atoms with van der Waals surface area (Å²) in [5.41, 5.74) is 1.17. The number of unbranched alkanes of at least 4 members (excludes halogenated alkanes) is 3. The molecule has 0 aliphatic heterocycles. The molecule has 0 aliphatic rings. The largest absolute Gasteiger partial charge is 0.249 e. The second kappa shape index (κ2) is 8.62. The minimum absolute atomic E-state index is 0.333. The van der Waals surface area contributed by atoms with Gasteiger partial charge in [0.05, 0.1) is 5.69 Å². The van der Waals surface area contributed by atoms with Gasteiger partial charge in [-0.15, -0.1) is 5.10 Å². The highest BCUT2D eigenvalue weighted by atomic mass is 35.6. The molecule has 0 unspecified atom stereocenters. The summed E-state index contributed by atoms with van der Waals surface area (Å²) in [6.45, 7) is 7.13. The Hall–Kier alpha value is 0.590. The molecule has 0 aliphatic carbocycles. The summed E-state index contributed by atoms with van der Waals surface area (Å²) in [6, 6.07) is 0. The van der Waals surface area contributed by atoms with E-state index in [9.17, 15) is 0 Å². The maximum absolute atomic E-state index is 6.28. The van der Waals surface area contributed by atoms with E-state index in [1.807, 2.05) is 4.68 Å². The third kappa shape index (κ3) is 5.31. The second-order valence-corrected chi connectivity index (χ2v) is 9.45. The molecule has 1 rings (SSSR count). The summed E-state index contributed by atoms with van der Waals surface area (Å²) in [5, 5.41) is 8.27. The van der Waals surface area contributed by atoms with Crippen molar-refractivity contribution in [2.45, 2.75) is 67.5 Å². The Morgan fingerprint density at radius 1 is 1.05 bits per heavy atom. The highest BCUT2D eigenvalue weighted by Gasteiger charge is 2.51. The van der Waals surface area contributed by atoms with Gasteiger partial charge in [-0.2, -0.15) is 0 Å². The molecule has 0 fully saturated rings. The molecule has 0 N–H and O–H groups in total. The Bertz CT molecular complexity index is 466. The smallest absolute Gasteiger partial charge is 0.228 e. The lowest BCUT2D eigenvalue weighted by atomic mass is 10.0. The average Bonchev–Trinajstić information content (AvgIpc) is 2.76. The summed E-state index contributed by atoms with van der Waals surface area (Å²) in [6.07, 6.45) is 5.26. The molecule has 0 aromatic carbocycles. The fraction of sp³-hybridized carbons (Fsp3) is 0.857. The Balaban J connectivity index is 3.05. The lowest BCUT2D eigenvalue weighted by molar-refractivity contribution is 0.495. The standard InChI is InChI=1S/C14H22Cl5N3/c1-4-5-6-7-8-22-11(9-10(2)3)12(20-21-22)13(15,16)14(17,18)19/h10H,4-9H2,1-3H3. The first-order chi connectivity index (χ1) is 10.1. The monoisotopic (exact) mass is 407 g/mol. The number of alkyl halides is 5. The van der Waals surface area contributed by atoms with Crippen molar-refractivity contribution in [3.8, 4) is 0 Å². The van der Waals surface area contributed by atoms with Crippen molar-refractivity contribution < 1.29 is 0 Å². The van der Waals surface area contributed by atoms with Crippen LogP contribution in [0.4, 0.5) is 0 Å². The molecular formula is C14H22Cl5N3. The SMILES string of the molecule is CCCCCCn1nnc(C(Cl)(Cl)C(Cl)(Cl)Cl)c1CC(C)C. The zero-order valence-corrected chi connectivity index (χ0v) is 16.8. The van der Waals surface area contributed by atoms with Crippen LogP contribution in [0.2, 0.25) is 0 Å². The van der Waals surface area contributed by atoms with Gasteiger partial charge in [0.2, 0.25) is 8.13 Å². The molecule has 0 amide bonds. The van der Waals surface area contributed by atoms with Gasteiger partial charge < -0.3 is 0 Å². The molecule has 1 aromatic heterocycles. The van der Waals surface area contributed by atoms with Gasteiger partial charge in [-0.05, 0) is 18.8 Å². The fourth-order valence-corrected chi connectivity index (χ4v) is 2.73. The summed E-state index contributed by atoms with van der Waals surface area (Å²) < 4.78 is -1.78. The van der Waals surface area contributed by atoms with Crippen LogP contribution in [0.1, 0.15) is 57.8 Å². The molecular weight excluding hydrogens is 387 g/mol. The summed E-state index contributed by atoms with van der Waals surface area (Å²) in [4.78, 5) is 0. The van der Waals surface area contributed by atoms with Crippen LogP contribution in [0.15, 0.2) is 0 Å². The molecule has 1 heterocycles. The number of aryl methyl sites for hydroxylation is 1. The molecule has 0 saturated carbocycles. The normalized spacial score (nSPS) is 13.1. The first-order valence-corrected chi connectivity index (χ1v) is 9.37. The van der Waals surface area contributed by atoms with E-state index in [1.54, 1.807) is 0 Å². The van der Waals surface area contributed by atoms with Crippen LogP contribution in [0.5, 0.6) is 0 Å². The van der Waals surface area contributed by atoms with Gasteiger partial charge in [-0.25, -0.2) is 4.68 Å². The minimum Gasteiger partial charge on any atom is -0.249 e. The number of halogens is 5. The van der Waals surface area contributed by atoms with Crippen LogP contribution in [-0.2, 0) is 17.3 Å². The predicted octanol–water partition coefficient (Wildman–Crippen LogP) is 6.06. The van der Waals surface area contributed by atoms with Crippen LogP contribution in [0.3, 0.4) is 0 Å². The van der Waals surface area contributed by atoms with E-state index in [2.05, 4.69) is 31.1 Å². The average molecular weight is 410 g/mol. The quantitative estimate of drug-likeness (QED) is 0.386. The number of hydrogen-bond acceptors (Lipinski definition) is 2. The van der Waals surface area contributed by atoms with Gasteiger partial charge in [0.15, 0.2) is 0 Å². The highest BCUT2D eigenvalue weighted by molar-refractivity contribution is 6.75. The number of nitrogens with zero attached hydrogens (tertiary/aromatic N) is 3. The molecule has 0 saturated heterocycles. The third-order valence-corrected chi connectivity index (χ3v) is 5.67. The van der Waals surface area contributed by atoms with Crippen molar-refractivity contribution in [2.75, 3.05) is 0 Å². The Morgan fingerprint density at radius 3 is 2.18 bits per heavy atom. The molecule has 22 heavy (non-hydrogen) atoms. The van der Waals surface area contributed by atoms with Crippen LogP contribution < -0.4 is 0 Å². The van der Waals surface area contributed by atoms with Crippen LogP contribution in [0, 0.1) is 5.92 Å². The second-order valence-electron chi connectivity index (χ2n) is 5.84. The molecule has 0 bridgehead atoms. The third-order valence-electron chi connectivity index (χ3n) is 3.32. The summed E-state index contributed by atoms with van der Waals surface area (Å²) in [5.74, 6) is 0.381. The van der Waals surface area contributed by atoms with Gasteiger partial charge in [0, 0.05) is 6.54 Å². The first kappa shape index (κ1) is 20.6. The van der Waals surface area contributed by atoms with Crippen molar-refractivity contribution in [3.63, 3.8) is 0 Å². The Kier molecular flexibility index (Phi) is 8.08. The van der Waals surface area contributed by atoms with Crippen molar-refractivity contribution in [1.29, 1.82) is 0 Å². The van der Waals surface area contributed by atoms with Crippen LogP contribution in [-0.4, -0.2) is 18.8 Å². The number of aromatic nitrogens is 3. The highest BCUT2D eigenvalue weighted by Crippen LogP contribution is 2.53. The summed E-state index contributed by atoms with van der Waals surface area (Å²) in [7, 11) is 0. The molecule has 8 heteroatoms. The zero-order valence-electron chi connectivity index (χ0n) is 13.1. The predicted molar refractivity (Wildman–Crippen MR) is 96.4 cm³/mol. The lowest BCUT2D eigenvalue weighted by Crippen LogP contribution is -2.30. The minimum atomic E-state index is -1.88.